The number of rotatable bonds is 4. The number of nitrogens with one attached hydrogen (secondary N) is 1. The lowest BCUT2D eigenvalue weighted by Gasteiger charge is -2.07. The molecule has 0 atom stereocenters. The molecule has 1 amide bonds. The molecule has 0 radical (unpaired) electrons. The van der Waals surface area contributed by atoms with Crippen LogP contribution in [0.1, 0.15) is 18.9 Å². The van der Waals surface area contributed by atoms with E-state index in [0.29, 0.717) is 29.6 Å². The fraction of sp³-hybridized carbons (Fsp3) is 0.200. The maximum absolute atomic E-state index is 11.6. The van der Waals surface area contributed by atoms with Gasteiger partial charge in [-0.2, -0.15) is 5.10 Å². The van der Waals surface area contributed by atoms with Crippen molar-refractivity contribution in [1.82, 2.24) is 19.7 Å². The van der Waals surface area contributed by atoms with Crippen LogP contribution >= 0.6 is 0 Å². The Hall–Kier alpha value is -2.96. The van der Waals surface area contributed by atoms with E-state index in [2.05, 4.69) is 20.4 Å². The van der Waals surface area contributed by atoms with Gasteiger partial charge in [-0.3, -0.25) is 4.79 Å². The smallest absolute Gasteiger partial charge is 0.225 e. The number of carbonyl (C=O) groups excluding carboxylic acids is 1. The maximum Gasteiger partial charge on any atom is 0.225 e. The van der Waals surface area contributed by atoms with Gasteiger partial charge in [0.2, 0.25) is 5.91 Å². The van der Waals surface area contributed by atoms with Crippen molar-refractivity contribution in [3.05, 3.63) is 42.4 Å². The van der Waals surface area contributed by atoms with Crippen molar-refractivity contribution in [2.24, 2.45) is 0 Å². The maximum atomic E-state index is 11.6. The third-order valence-corrected chi connectivity index (χ3v) is 2.99. The van der Waals surface area contributed by atoms with Crippen molar-refractivity contribution in [3.8, 4) is 17.4 Å². The first-order valence-electron chi connectivity index (χ1n) is 6.90. The minimum Gasteiger partial charge on any atom is -0.461 e. The van der Waals surface area contributed by atoms with Crippen LogP contribution in [0.3, 0.4) is 0 Å². The van der Waals surface area contributed by atoms with Gasteiger partial charge in [0.25, 0.3) is 0 Å². The molecule has 0 unspecified atom stereocenters. The molecule has 7 heteroatoms. The second-order valence-corrected chi connectivity index (χ2v) is 4.78. The van der Waals surface area contributed by atoms with Crippen LogP contribution in [0.5, 0.6) is 0 Å². The van der Waals surface area contributed by atoms with Crippen molar-refractivity contribution < 1.29 is 9.21 Å². The van der Waals surface area contributed by atoms with Gasteiger partial charge in [0.05, 0.1) is 12.5 Å². The highest BCUT2D eigenvalue weighted by Crippen LogP contribution is 2.20. The standard InChI is InChI=1S/C15H15N5O2/c1-3-14(21)17-12-7-13(20-9-10(2)8-16-20)19-15(18-12)11-5-4-6-22-11/h4-9H,3H2,1-2H3,(H,17,18,19,21). The van der Waals surface area contributed by atoms with E-state index in [-0.39, 0.29) is 5.91 Å². The number of carbonyl (C=O) groups is 1. The van der Waals surface area contributed by atoms with Crippen LogP contribution in [0, 0.1) is 6.92 Å². The first-order chi connectivity index (χ1) is 10.7. The second kappa shape index (κ2) is 5.80. The van der Waals surface area contributed by atoms with E-state index >= 15 is 0 Å². The van der Waals surface area contributed by atoms with Gasteiger partial charge in [-0.25, -0.2) is 14.6 Å². The Balaban J connectivity index is 2.07. The molecule has 3 aromatic rings. The van der Waals surface area contributed by atoms with E-state index < -0.39 is 0 Å². The molecule has 0 aliphatic rings. The number of aromatic nitrogens is 4. The molecule has 0 fully saturated rings. The van der Waals surface area contributed by atoms with Crippen molar-refractivity contribution in [2.45, 2.75) is 20.3 Å². The van der Waals surface area contributed by atoms with Gasteiger partial charge >= 0.3 is 0 Å². The van der Waals surface area contributed by atoms with Gasteiger partial charge < -0.3 is 9.73 Å². The van der Waals surface area contributed by atoms with Crippen LogP contribution in [-0.4, -0.2) is 25.7 Å². The highest BCUT2D eigenvalue weighted by molar-refractivity contribution is 5.89. The number of hydrogen-bond donors (Lipinski definition) is 1. The number of furan rings is 1. The summed E-state index contributed by atoms with van der Waals surface area (Å²) in [4.78, 5) is 20.4. The summed E-state index contributed by atoms with van der Waals surface area (Å²) in [7, 11) is 0. The van der Waals surface area contributed by atoms with Crippen molar-refractivity contribution >= 4 is 11.7 Å². The molecular formula is C15H15N5O2. The Morgan fingerprint density at radius 3 is 2.91 bits per heavy atom. The van der Waals surface area contributed by atoms with Crippen LogP contribution in [-0.2, 0) is 4.79 Å². The molecule has 22 heavy (non-hydrogen) atoms. The predicted molar refractivity (Wildman–Crippen MR) is 80.5 cm³/mol. The Kier molecular flexibility index (Phi) is 3.69. The summed E-state index contributed by atoms with van der Waals surface area (Å²) in [6.45, 7) is 3.72. The van der Waals surface area contributed by atoms with E-state index in [9.17, 15) is 4.79 Å². The topological polar surface area (TPSA) is 85.8 Å². The van der Waals surface area contributed by atoms with E-state index in [1.165, 1.54) is 0 Å². The molecule has 112 valence electrons. The highest BCUT2D eigenvalue weighted by atomic mass is 16.3. The van der Waals surface area contributed by atoms with E-state index in [4.69, 9.17) is 4.42 Å². The Morgan fingerprint density at radius 1 is 1.41 bits per heavy atom. The molecule has 3 heterocycles. The van der Waals surface area contributed by atoms with Gasteiger partial charge in [0, 0.05) is 18.7 Å². The minimum atomic E-state index is -0.119. The molecule has 0 saturated heterocycles. The van der Waals surface area contributed by atoms with Crippen LogP contribution in [0.2, 0.25) is 0 Å². The number of nitrogens with zero attached hydrogens (tertiary/aromatic N) is 4. The fourth-order valence-electron chi connectivity index (χ4n) is 1.90. The normalized spacial score (nSPS) is 10.6. The molecule has 0 aliphatic carbocycles. The molecule has 0 aromatic carbocycles. The Bertz CT molecular complexity index is 792. The molecular weight excluding hydrogens is 282 g/mol. The summed E-state index contributed by atoms with van der Waals surface area (Å²) in [5.41, 5.74) is 1.01. The van der Waals surface area contributed by atoms with Crippen LogP contribution in [0.4, 0.5) is 5.82 Å². The summed E-state index contributed by atoms with van der Waals surface area (Å²) >= 11 is 0. The lowest BCUT2D eigenvalue weighted by atomic mass is 10.4. The quantitative estimate of drug-likeness (QED) is 0.800. The van der Waals surface area contributed by atoms with Crippen molar-refractivity contribution in [2.75, 3.05) is 5.32 Å². The van der Waals surface area contributed by atoms with Crippen LogP contribution < -0.4 is 5.32 Å². The average Bonchev–Trinajstić information content (AvgIpc) is 3.18. The Labute approximate surface area is 127 Å². The fourth-order valence-corrected chi connectivity index (χ4v) is 1.90. The van der Waals surface area contributed by atoms with E-state index in [0.717, 1.165) is 5.56 Å². The third kappa shape index (κ3) is 2.88. The zero-order valence-corrected chi connectivity index (χ0v) is 12.3. The molecule has 0 spiro atoms. The lowest BCUT2D eigenvalue weighted by Crippen LogP contribution is -2.12. The second-order valence-electron chi connectivity index (χ2n) is 4.78. The first kappa shape index (κ1) is 14.0. The van der Waals surface area contributed by atoms with Crippen LogP contribution in [0.25, 0.3) is 17.4 Å². The molecule has 3 aromatic heterocycles. The lowest BCUT2D eigenvalue weighted by molar-refractivity contribution is -0.115. The molecule has 0 bridgehead atoms. The predicted octanol–water partition coefficient (Wildman–Crippen LogP) is 2.58. The number of aryl methyl sites for hydroxylation is 1. The summed E-state index contributed by atoms with van der Waals surface area (Å²) < 4.78 is 6.96. The summed E-state index contributed by atoms with van der Waals surface area (Å²) in [5.74, 6) is 1.77. The van der Waals surface area contributed by atoms with Crippen molar-refractivity contribution in [1.29, 1.82) is 0 Å². The molecule has 7 nitrogen and oxygen atoms in total. The third-order valence-electron chi connectivity index (χ3n) is 2.99. The minimum absolute atomic E-state index is 0.119. The summed E-state index contributed by atoms with van der Waals surface area (Å²) in [6.07, 6.45) is 5.50. The van der Waals surface area contributed by atoms with Crippen LogP contribution in [0.15, 0.2) is 41.3 Å². The van der Waals surface area contributed by atoms with Gasteiger partial charge in [-0.15, -0.1) is 0 Å². The summed E-state index contributed by atoms with van der Waals surface area (Å²) in [6, 6.07) is 5.19. The molecule has 0 aliphatic heterocycles. The zero-order chi connectivity index (χ0) is 15.5. The SMILES string of the molecule is CCC(=O)Nc1cc(-n2cc(C)cn2)nc(-c2ccco2)n1. The molecule has 0 saturated carbocycles. The largest absolute Gasteiger partial charge is 0.461 e. The van der Waals surface area contributed by atoms with Crippen molar-refractivity contribution in [3.63, 3.8) is 0 Å². The van der Waals surface area contributed by atoms with Gasteiger partial charge in [0.1, 0.15) is 5.82 Å². The Morgan fingerprint density at radius 2 is 2.27 bits per heavy atom. The van der Waals surface area contributed by atoms with Gasteiger partial charge in [-0.05, 0) is 24.6 Å². The van der Waals surface area contributed by atoms with Gasteiger partial charge in [0.15, 0.2) is 17.4 Å². The van der Waals surface area contributed by atoms with E-state index in [1.54, 1.807) is 42.3 Å². The number of anilines is 1. The zero-order valence-electron chi connectivity index (χ0n) is 12.3. The summed E-state index contributed by atoms with van der Waals surface area (Å²) in [5, 5.41) is 6.97. The molecule has 3 rings (SSSR count). The van der Waals surface area contributed by atoms with E-state index in [1.807, 2.05) is 13.1 Å². The molecule has 1 N–H and O–H groups in total. The number of hydrogen-bond acceptors (Lipinski definition) is 5. The average molecular weight is 297 g/mol. The van der Waals surface area contributed by atoms with Gasteiger partial charge in [-0.1, -0.05) is 6.92 Å². The number of amides is 1. The first-order valence-corrected chi connectivity index (χ1v) is 6.90. The highest BCUT2D eigenvalue weighted by Gasteiger charge is 2.12. The monoisotopic (exact) mass is 297 g/mol.